The normalized spacial score (nSPS) is 25.7. The molecular formula is C8F14N2O3. The molecule has 0 bridgehead atoms. The van der Waals surface area contributed by atoms with Crippen molar-refractivity contribution >= 4 is 11.8 Å². The monoisotopic (exact) mass is 438 g/mol. The molecule has 1 aliphatic heterocycles. The molecule has 0 spiro atoms. The molecule has 19 heteroatoms. The lowest BCUT2D eigenvalue weighted by molar-refractivity contribution is -0.452. The van der Waals surface area contributed by atoms with E-state index in [-0.39, 0.29) is 0 Å². The lowest BCUT2D eigenvalue weighted by atomic mass is 10.2. The third-order valence-corrected chi connectivity index (χ3v) is 2.59. The molecule has 1 heterocycles. The van der Waals surface area contributed by atoms with Gasteiger partial charge in [0.05, 0.1) is 0 Å². The van der Waals surface area contributed by atoms with E-state index in [4.69, 9.17) is 0 Å². The summed E-state index contributed by atoms with van der Waals surface area (Å²) in [4.78, 5) is 21.9. The summed E-state index contributed by atoms with van der Waals surface area (Å²) < 4.78 is 182. The van der Waals surface area contributed by atoms with E-state index in [1.807, 2.05) is 0 Å². The Morgan fingerprint density at radius 3 is 1.00 bits per heavy atom. The van der Waals surface area contributed by atoms with Gasteiger partial charge in [-0.1, -0.05) is 0 Å². The van der Waals surface area contributed by atoms with Crippen LogP contribution in [-0.2, 0) is 14.3 Å². The number of nitrogens with zero attached hydrogens (tertiary/aromatic N) is 2. The number of carbonyl (C=O) groups is 2. The van der Waals surface area contributed by atoms with Gasteiger partial charge in [-0.3, -0.25) is 9.59 Å². The maximum atomic E-state index is 13.2. The fraction of sp³-hybridized carbons (Fsp3) is 0.750. The topological polar surface area (TPSA) is 49.9 Å². The highest BCUT2D eigenvalue weighted by Crippen LogP contribution is 2.50. The van der Waals surface area contributed by atoms with Gasteiger partial charge in [-0.2, -0.15) is 35.1 Å². The highest BCUT2D eigenvalue weighted by atomic mass is 19.4. The Kier molecular flexibility index (Phi) is 4.85. The molecule has 0 aromatic rings. The molecule has 0 aromatic heterocycles. The van der Waals surface area contributed by atoms with E-state index in [0.717, 1.165) is 0 Å². The molecule has 1 fully saturated rings. The molecule has 0 atom stereocenters. The highest BCUT2D eigenvalue weighted by molar-refractivity contribution is 5.91. The fourth-order valence-corrected chi connectivity index (χ4v) is 1.44. The van der Waals surface area contributed by atoms with Gasteiger partial charge in [0, 0.05) is 0 Å². The number of rotatable bonds is 0. The Labute approximate surface area is 136 Å². The summed E-state index contributed by atoms with van der Waals surface area (Å²) in [5, 5.41) is -7.00. The van der Waals surface area contributed by atoms with Crippen LogP contribution in [0, 0.1) is 0 Å². The van der Waals surface area contributed by atoms with E-state index in [1.54, 1.807) is 4.74 Å². The van der Waals surface area contributed by atoms with Crippen molar-refractivity contribution < 1.29 is 75.8 Å². The number of carbonyl (C=O) groups excluding carboxylic acids is 2. The maximum absolute atomic E-state index is 13.2. The molecule has 2 amide bonds. The predicted octanol–water partition coefficient (Wildman–Crippen LogP) is 3.08. The molecule has 1 saturated heterocycles. The van der Waals surface area contributed by atoms with Crippen molar-refractivity contribution in [3.63, 3.8) is 0 Å². The number of amides is 2. The molecule has 1 rings (SSSR count). The lowest BCUT2D eigenvalue weighted by Gasteiger charge is -2.37. The highest BCUT2D eigenvalue weighted by Gasteiger charge is 2.80. The Balaban J connectivity index is 3.98. The van der Waals surface area contributed by atoms with Gasteiger partial charge in [0.1, 0.15) is 0 Å². The van der Waals surface area contributed by atoms with Crippen molar-refractivity contribution in [1.82, 2.24) is 10.0 Å². The van der Waals surface area contributed by atoms with Gasteiger partial charge < -0.3 is 0 Å². The quantitative estimate of drug-likeness (QED) is 0.432. The third-order valence-electron chi connectivity index (χ3n) is 2.59. The van der Waals surface area contributed by atoms with E-state index < -0.39 is 58.5 Å². The van der Waals surface area contributed by atoms with Crippen LogP contribution in [0.15, 0.2) is 0 Å². The Morgan fingerprint density at radius 1 is 0.593 bits per heavy atom. The summed E-state index contributed by atoms with van der Waals surface area (Å²) in [6.07, 6.45) is -28.8. The third kappa shape index (κ3) is 3.43. The number of hydrogen-bond acceptors (Lipinski definition) is 3. The molecule has 1 aliphatic rings. The van der Waals surface area contributed by atoms with Gasteiger partial charge >= 0.3 is 48.5 Å². The smallest absolute Gasteiger partial charge is 0.265 e. The predicted molar refractivity (Wildman–Crippen MR) is 46.7 cm³/mol. The van der Waals surface area contributed by atoms with E-state index in [0.29, 0.717) is 0 Å². The molecular weight excluding hydrogens is 438 g/mol. The van der Waals surface area contributed by atoms with E-state index in [9.17, 15) is 71.1 Å². The van der Waals surface area contributed by atoms with Crippen molar-refractivity contribution in [3.8, 4) is 0 Å². The Hall–Kier alpha value is -2.08. The number of ether oxygens (including phenoxy) is 1. The summed E-state index contributed by atoms with van der Waals surface area (Å²) in [5.41, 5.74) is 0. The van der Waals surface area contributed by atoms with Crippen LogP contribution < -0.4 is 0 Å². The van der Waals surface area contributed by atoms with Gasteiger partial charge in [0.2, 0.25) is 0 Å². The summed E-state index contributed by atoms with van der Waals surface area (Å²) in [7, 11) is 0. The second-order valence-corrected chi connectivity index (χ2v) is 4.45. The van der Waals surface area contributed by atoms with Crippen molar-refractivity contribution in [3.05, 3.63) is 0 Å². The van der Waals surface area contributed by atoms with Crippen LogP contribution >= 0.6 is 0 Å². The molecule has 158 valence electrons. The molecule has 0 aromatic carbocycles. The molecule has 5 nitrogen and oxygen atoms in total. The summed E-state index contributed by atoms with van der Waals surface area (Å²) >= 11 is 0. The standard InChI is InChI=1S/C8F14N2O3/c9-3(10)1(25)23(7(17,18)19)24(8(20,21)22)2(26)4(11,12)6(15,16)27-5(3,13)14. The first-order valence-corrected chi connectivity index (χ1v) is 5.56. The SMILES string of the molecule is O=C1N(C(F)(F)F)N(C(F)(F)F)C(=O)C(F)(F)C(F)(F)OC(F)(F)C1(F)F. The summed E-state index contributed by atoms with van der Waals surface area (Å²) in [6.45, 7) is 0. The minimum atomic E-state index is -7.21. The van der Waals surface area contributed by atoms with Crippen LogP contribution in [0.4, 0.5) is 61.5 Å². The number of halogens is 14. The summed E-state index contributed by atoms with van der Waals surface area (Å²) in [6, 6.07) is 0. The maximum Gasteiger partial charge on any atom is 0.506 e. The van der Waals surface area contributed by atoms with Gasteiger partial charge in [-0.25, -0.2) is 4.74 Å². The number of hydrazine groups is 1. The first-order chi connectivity index (χ1) is 11.5. The van der Waals surface area contributed by atoms with Crippen molar-refractivity contribution in [2.75, 3.05) is 0 Å². The average Bonchev–Trinajstić information content (AvgIpc) is 2.38. The molecule has 0 N–H and O–H groups in total. The van der Waals surface area contributed by atoms with Crippen LogP contribution in [-0.4, -0.2) is 58.5 Å². The molecule has 0 aliphatic carbocycles. The minimum absolute atomic E-state index is 1.64. The molecule has 0 radical (unpaired) electrons. The van der Waals surface area contributed by atoms with Crippen LogP contribution in [0.1, 0.15) is 0 Å². The Morgan fingerprint density at radius 2 is 0.815 bits per heavy atom. The average molecular weight is 438 g/mol. The van der Waals surface area contributed by atoms with Gasteiger partial charge in [0.25, 0.3) is 0 Å². The first kappa shape index (κ1) is 23.0. The van der Waals surface area contributed by atoms with Crippen LogP contribution in [0.5, 0.6) is 0 Å². The van der Waals surface area contributed by atoms with Gasteiger partial charge in [-0.15, -0.1) is 36.4 Å². The van der Waals surface area contributed by atoms with Crippen molar-refractivity contribution in [2.45, 2.75) is 36.7 Å². The molecule has 0 saturated carbocycles. The van der Waals surface area contributed by atoms with E-state index in [2.05, 4.69) is 0 Å². The second-order valence-electron chi connectivity index (χ2n) is 4.45. The zero-order chi connectivity index (χ0) is 22.0. The van der Waals surface area contributed by atoms with Crippen molar-refractivity contribution in [1.29, 1.82) is 0 Å². The first-order valence-electron chi connectivity index (χ1n) is 5.56. The zero-order valence-corrected chi connectivity index (χ0v) is 11.4. The van der Waals surface area contributed by atoms with E-state index >= 15 is 0 Å². The van der Waals surface area contributed by atoms with E-state index in [1.165, 1.54) is 0 Å². The fourth-order valence-electron chi connectivity index (χ4n) is 1.44. The summed E-state index contributed by atoms with van der Waals surface area (Å²) in [5.74, 6) is -23.8. The number of alkyl halides is 14. The van der Waals surface area contributed by atoms with Crippen molar-refractivity contribution in [2.24, 2.45) is 0 Å². The lowest BCUT2D eigenvalue weighted by Crippen LogP contribution is -2.68. The molecule has 27 heavy (non-hydrogen) atoms. The van der Waals surface area contributed by atoms with Crippen LogP contribution in [0.25, 0.3) is 0 Å². The number of hydrogen-bond donors (Lipinski definition) is 0. The van der Waals surface area contributed by atoms with Gasteiger partial charge in [0.15, 0.2) is 0 Å². The van der Waals surface area contributed by atoms with Crippen LogP contribution in [0.2, 0.25) is 0 Å². The largest absolute Gasteiger partial charge is 0.506 e. The second kappa shape index (κ2) is 5.71. The zero-order valence-electron chi connectivity index (χ0n) is 11.4. The minimum Gasteiger partial charge on any atom is -0.265 e. The van der Waals surface area contributed by atoms with Gasteiger partial charge in [-0.05, 0) is 0 Å². The molecule has 0 unspecified atom stereocenters. The van der Waals surface area contributed by atoms with Crippen LogP contribution in [0.3, 0.4) is 0 Å². The Bertz CT molecular complexity index is 583.